The zero-order valence-corrected chi connectivity index (χ0v) is 7.46. The van der Waals surface area contributed by atoms with Crippen LogP contribution < -0.4 is 5.32 Å². The van der Waals surface area contributed by atoms with Gasteiger partial charge in [0.15, 0.2) is 0 Å². The number of benzene rings is 1. The molecule has 66 valence electrons. The van der Waals surface area contributed by atoms with Crippen molar-refractivity contribution >= 4 is 5.69 Å². The summed E-state index contributed by atoms with van der Waals surface area (Å²) in [5, 5.41) is 11.9. The first kappa shape index (κ1) is 8.12. The Morgan fingerprint density at radius 3 is 3.15 bits per heavy atom. The van der Waals surface area contributed by atoms with Crippen LogP contribution in [0.2, 0.25) is 0 Å². The van der Waals surface area contributed by atoms with E-state index in [2.05, 4.69) is 29.6 Å². The summed E-state index contributed by atoms with van der Waals surface area (Å²) in [7, 11) is 0. The lowest BCUT2D eigenvalue weighted by molar-refractivity contribution is 0.690. The zero-order valence-electron chi connectivity index (χ0n) is 7.46. The van der Waals surface area contributed by atoms with Gasteiger partial charge < -0.3 is 5.32 Å². The number of hydrogen-bond donors (Lipinski definition) is 1. The van der Waals surface area contributed by atoms with E-state index in [1.54, 1.807) is 0 Å². The molecular weight excluding hydrogens is 160 g/mol. The summed E-state index contributed by atoms with van der Waals surface area (Å²) in [5.74, 6) is 0.538. The van der Waals surface area contributed by atoms with Crippen LogP contribution >= 0.6 is 0 Å². The first-order chi connectivity index (χ1) is 6.42. The van der Waals surface area contributed by atoms with Crippen LogP contribution in [0.3, 0.4) is 0 Å². The van der Waals surface area contributed by atoms with Crippen LogP contribution in [0.4, 0.5) is 5.69 Å². The topological polar surface area (TPSA) is 35.8 Å². The molecule has 0 saturated heterocycles. The number of hydrogen-bond acceptors (Lipinski definition) is 2. The second-order valence-electron chi connectivity index (χ2n) is 3.36. The summed E-state index contributed by atoms with van der Waals surface area (Å²) in [6.45, 7) is 0.987. The molecule has 0 amide bonds. The lowest BCUT2D eigenvalue weighted by Crippen LogP contribution is -2.01. The molecule has 1 unspecified atom stereocenters. The third kappa shape index (κ3) is 1.50. The van der Waals surface area contributed by atoms with E-state index < -0.39 is 0 Å². The summed E-state index contributed by atoms with van der Waals surface area (Å²) in [6, 6.07) is 10.5. The lowest BCUT2D eigenvalue weighted by Gasteiger charge is -2.05. The Morgan fingerprint density at radius 2 is 2.31 bits per heavy atom. The second kappa shape index (κ2) is 3.49. The van der Waals surface area contributed by atoms with E-state index in [1.807, 2.05) is 6.07 Å². The van der Waals surface area contributed by atoms with Crippen molar-refractivity contribution in [2.24, 2.45) is 0 Å². The van der Waals surface area contributed by atoms with E-state index >= 15 is 0 Å². The molecule has 0 saturated carbocycles. The van der Waals surface area contributed by atoms with Crippen LogP contribution in [-0.4, -0.2) is 6.54 Å². The Balaban J connectivity index is 2.15. The van der Waals surface area contributed by atoms with Gasteiger partial charge in [0, 0.05) is 24.6 Å². The van der Waals surface area contributed by atoms with Crippen molar-refractivity contribution < 1.29 is 0 Å². The summed E-state index contributed by atoms with van der Waals surface area (Å²) in [4.78, 5) is 0. The molecule has 0 fully saturated rings. The van der Waals surface area contributed by atoms with E-state index in [0.29, 0.717) is 12.3 Å². The van der Waals surface area contributed by atoms with E-state index in [4.69, 9.17) is 5.26 Å². The van der Waals surface area contributed by atoms with Gasteiger partial charge in [-0.05, 0) is 18.1 Å². The zero-order chi connectivity index (χ0) is 9.10. The lowest BCUT2D eigenvalue weighted by atomic mass is 9.97. The molecule has 0 bridgehead atoms. The molecular formula is C11H12N2. The van der Waals surface area contributed by atoms with Gasteiger partial charge in [-0.2, -0.15) is 5.26 Å². The summed E-state index contributed by atoms with van der Waals surface area (Å²) >= 11 is 0. The van der Waals surface area contributed by atoms with Crippen molar-refractivity contribution in [1.29, 1.82) is 5.26 Å². The summed E-state index contributed by atoms with van der Waals surface area (Å²) in [6.07, 6.45) is 1.63. The van der Waals surface area contributed by atoms with Crippen LogP contribution in [0.1, 0.15) is 24.3 Å². The Bertz CT molecular complexity index is 338. The minimum atomic E-state index is 0.538. The molecule has 0 spiro atoms. The Labute approximate surface area is 78.2 Å². The number of nitrogens with zero attached hydrogens (tertiary/aromatic N) is 1. The number of para-hydroxylation sites is 1. The van der Waals surface area contributed by atoms with Crippen molar-refractivity contribution in [2.45, 2.75) is 18.8 Å². The Morgan fingerprint density at radius 1 is 1.46 bits per heavy atom. The molecule has 1 aliphatic heterocycles. The first-order valence-corrected chi connectivity index (χ1v) is 4.61. The molecule has 1 heterocycles. The van der Waals surface area contributed by atoms with Crippen molar-refractivity contribution in [3.05, 3.63) is 29.8 Å². The molecule has 1 N–H and O–H groups in total. The molecule has 1 aromatic rings. The van der Waals surface area contributed by atoms with Gasteiger partial charge in [0.05, 0.1) is 6.07 Å². The largest absolute Gasteiger partial charge is 0.384 e. The van der Waals surface area contributed by atoms with Gasteiger partial charge in [0.25, 0.3) is 0 Å². The first-order valence-electron chi connectivity index (χ1n) is 4.61. The number of fused-ring (bicyclic) bond motifs is 1. The fraction of sp³-hybridized carbons (Fsp3) is 0.364. The van der Waals surface area contributed by atoms with Gasteiger partial charge in [-0.15, -0.1) is 0 Å². The van der Waals surface area contributed by atoms with Crippen molar-refractivity contribution in [2.75, 3.05) is 11.9 Å². The number of nitrogens with one attached hydrogen (secondary N) is 1. The summed E-state index contributed by atoms with van der Waals surface area (Å²) < 4.78 is 0. The molecule has 13 heavy (non-hydrogen) atoms. The fourth-order valence-electron chi connectivity index (χ4n) is 1.85. The standard InChI is InChI=1S/C11H12N2/c12-7-3-4-9-8-13-11-6-2-1-5-10(9)11/h1-2,5-6,9,13H,3-4,8H2. The smallest absolute Gasteiger partial charge is 0.0621 e. The minimum absolute atomic E-state index is 0.538. The average molecular weight is 172 g/mol. The molecule has 0 aliphatic carbocycles. The highest BCUT2D eigenvalue weighted by Crippen LogP contribution is 2.33. The van der Waals surface area contributed by atoms with Gasteiger partial charge in [-0.3, -0.25) is 0 Å². The van der Waals surface area contributed by atoms with E-state index in [1.165, 1.54) is 11.3 Å². The molecule has 0 radical (unpaired) electrons. The third-order valence-corrected chi connectivity index (χ3v) is 2.54. The number of rotatable bonds is 2. The van der Waals surface area contributed by atoms with Crippen LogP contribution in [0.5, 0.6) is 0 Å². The van der Waals surface area contributed by atoms with Gasteiger partial charge in [-0.1, -0.05) is 18.2 Å². The molecule has 2 nitrogen and oxygen atoms in total. The van der Waals surface area contributed by atoms with Gasteiger partial charge in [-0.25, -0.2) is 0 Å². The normalized spacial score (nSPS) is 18.8. The summed E-state index contributed by atoms with van der Waals surface area (Å²) in [5.41, 5.74) is 2.61. The van der Waals surface area contributed by atoms with E-state index in [0.717, 1.165) is 13.0 Å². The molecule has 2 heteroatoms. The number of anilines is 1. The second-order valence-corrected chi connectivity index (χ2v) is 3.36. The molecule has 0 aromatic heterocycles. The van der Waals surface area contributed by atoms with Crippen LogP contribution in [0, 0.1) is 11.3 Å². The molecule has 1 aromatic carbocycles. The van der Waals surface area contributed by atoms with Gasteiger partial charge in [0.1, 0.15) is 0 Å². The van der Waals surface area contributed by atoms with Crippen molar-refractivity contribution in [3.8, 4) is 6.07 Å². The maximum atomic E-state index is 8.50. The highest BCUT2D eigenvalue weighted by atomic mass is 14.9. The maximum Gasteiger partial charge on any atom is 0.0621 e. The highest BCUT2D eigenvalue weighted by molar-refractivity contribution is 5.57. The Kier molecular flexibility index (Phi) is 2.18. The van der Waals surface area contributed by atoms with Crippen LogP contribution in [0.25, 0.3) is 0 Å². The van der Waals surface area contributed by atoms with Crippen molar-refractivity contribution in [3.63, 3.8) is 0 Å². The fourth-order valence-corrected chi connectivity index (χ4v) is 1.85. The van der Waals surface area contributed by atoms with E-state index in [9.17, 15) is 0 Å². The van der Waals surface area contributed by atoms with Crippen LogP contribution in [-0.2, 0) is 0 Å². The Hall–Kier alpha value is -1.49. The number of nitriles is 1. The molecule has 1 aliphatic rings. The third-order valence-electron chi connectivity index (χ3n) is 2.54. The molecule has 1 atom stereocenters. The van der Waals surface area contributed by atoms with E-state index in [-0.39, 0.29) is 0 Å². The predicted octanol–water partition coefficient (Wildman–Crippen LogP) is 2.50. The predicted molar refractivity (Wildman–Crippen MR) is 52.5 cm³/mol. The van der Waals surface area contributed by atoms with Crippen LogP contribution in [0.15, 0.2) is 24.3 Å². The maximum absolute atomic E-state index is 8.50. The quantitative estimate of drug-likeness (QED) is 0.744. The highest BCUT2D eigenvalue weighted by Gasteiger charge is 2.20. The SMILES string of the molecule is N#CCCC1CNc2ccccc21. The van der Waals surface area contributed by atoms with Gasteiger partial charge in [0.2, 0.25) is 0 Å². The monoisotopic (exact) mass is 172 g/mol. The minimum Gasteiger partial charge on any atom is -0.384 e. The average Bonchev–Trinajstić information content (AvgIpc) is 2.58. The molecule has 2 rings (SSSR count). The van der Waals surface area contributed by atoms with Crippen molar-refractivity contribution in [1.82, 2.24) is 0 Å². The van der Waals surface area contributed by atoms with Gasteiger partial charge >= 0.3 is 0 Å².